The number of aromatic carboxylic acids is 1. The third kappa shape index (κ3) is 4.24. The molecule has 2 heterocycles. The van der Waals surface area contributed by atoms with Crippen LogP contribution in [0.15, 0.2) is 47.5 Å². The molecule has 0 radical (unpaired) electrons. The lowest BCUT2D eigenvalue weighted by Crippen LogP contribution is -2.46. The molecule has 3 N–H and O–H groups in total. The number of nitrogens with one attached hydrogen (secondary N) is 2. The Labute approximate surface area is 188 Å². The van der Waals surface area contributed by atoms with E-state index in [1.807, 2.05) is 6.07 Å². The normalized spacial score (nSPS) is 16.4. The third-order valence-electron chi connectivity index (χ3n) is 4.95. The number of nitrogens with zero attached hydrogens (tertiary/aromatic N) is 2. The first kappa shape index (κ1) is 22.0. The molecule has 3 aromatic rings. The Kier molecular flexibility index (Phi) is 5.99. The van der Waals surface area contributed by atoms with Crippen LogP contribution in [0, 0.1) is 11.3 Å². The summed E-state index contributed by atoms with van der Waals surface area (Å²) in [5.41, 5.74) is 0.900. The maximum Gasteiger partial charge on any atom is 0.337 e. The Morgan fingerprint density at radius 3 is 2.75 bits per heavy atom. The van der Waals surface area contributed by atoms with Crippen molar-refractivity contribution in [3.05, 3.63) is 58.6 Å². The lowest BCUT2D eigenvalue weighted by molar-refractivity contribution is 0.0698. The van der Waals surface area contributed by atoms with Crippen LogP contribution in [-0.4, -0.2) is 49.6 Å². The number of ether oxygens (including phenoxy) is 1. The van der Waals surface area contributed by atoms with Gasteiger partial charge in [0.25, 0.3) is 0 Å². The monoisotopic (exact) mass is 472 g/mol. The second-order valence-corrected chi connectivity index (χ2v) is 9.55. The molecule has 1 fully saturated rings. The highest BCUT2D eigenvalue weighted by Gasteiger charge is 2.31. The van der Waals surface area contributed by atoms with Crippen LogP contribution in [0.5, 0.6) is 0 Å². The number of sulfone groups is 1. The van der Waals surface area contributed by atoms with E-state index in [1.165, 1.54) is 24.3 Å². The van der Waals surface area contributed by atoms with Crippen LogP contribution in [0.3, 0.4) is 0 Å². The average molecular weight is 473 g/mol. The Balaban J connectivity index is 1.86. The molecule has 1 aromatic heterocycles. The smallest absolute Gasteiger partial charge is 0.337 e. The zero-order chi connectivity index (χ0) is 22.9. The Bertz CT molecular complexity index is 1360. The predicted octanol–water partition coefficient (Wildman–Crippen LogP) is 2.92. The molecule has 0 saturated carbocycles. The summed E-state index contributed by atoms with van der Waals surface area (Å²) in [5.74, 6) is -1.24. The molecular weight excluding hydrogens is 456 g/mol. The second kappa shape index (κ2) is 8.72. The third-order valence-corrected chi connectivity index (χ3v) is 7.03. The van der Waals surface area contributed by atoms with Crippen molar-refractivity contribution >= 4 is 49.7 Å². The van der Waals surface area contributed by atoms with E-state index in [9.17, 15) is 18.3 Å². The van der Waals surface area contributed by atoms with Crippen LogP contribution in [0.4, 0.5) is 11.4 Å². The molecule has 4 rings (SSSR count). The molecular formula is C21H17ClN4O5S. The minimum atomic E-state index is -3.90. The summed E-state index contributed by atoms with van der Waals surface area (Å²) in [6, 6.07) is 12.2. The number of carboxylic acids is 1. The molecule has 0 aliphatic carbocycles. The molecule has 1 aliphatic heterocycles. The SMILES string of the molecule is N#Cc1ccc(Nc2cc(S(=O)(=O)C3COCCN3)nc3ccc(Cl)cc23)c(C(=O)O)c1. The lowest BCUT2D eigenvalue weighted by Gasteiger charge is -2.24. The highest BCUT2D eigenvalue weighted by atomic mass is 35.5. The first-order chi connectivity index (χ1) is 15.3. The molecule has 9 nitrogen and oxygen atoms in total. The lowest BCUT2D eigenvalue weighted by atomic mass is 10.1. The van der Waals surface area contributed by atoms with Gasteiger partial charge in [0, 0.05) is 17.0 Å². The molecule has 1 aliphatic rings. The van der Waals surface area contributed by atoms with Crippen molar-refractivity contribution in [1.29, 1.82) is 5.26 Å². The summed E-state index contributed by atoms with van der Waals surface area (Å²) < 4.78 is 31.6. The van der Waals surface area contributed by atoms with E-state index >= 15 is 0 Å². The summed E-state index contributed by atoms with van der Waals surface area (Å²) in [6.45, 7) is 0.800. The number of halogens is 1. The van der Waals surface area contributed by atoms with E-state index in [4.69, 9.17) is 21.6 Å². The fraction of sp³-hybridized carbons (Fsp3) is 0.190. The zero-order valence-corrected chi connectivity index (χ0v) is 18.1. The molecule has 164 valence electrons. The summed E-state index contributed by atoms with van der Waals surface area (Å²) in [4.78, 5) is 16.0. The summed E-state index contributed by atoms with van der Waals surface area (Å²) in [5, 5.41) is 24.3. The number of fused-ring (bicyclic) bond motifs is 1. The highest BCUT2D eigenvalue weighted by Crippen LogP contribution is 2.32. The largest absolute Gasteiger partial charge is 0.478 e. The van der Waals surface area contributed by atoms with Crippen LogP contribution in [0.2, 0.25) is 5.02 Å². The number of carboxylic acid groups (broad SMARTS) is 1. The number of aromatic nitrogens is 1. The van der Waals surface area contributed by atoms with Crippen molar-refractivity contribution in [2.24, 2.45) is 0 Å². The first-order valence-corrected chi connectivity index (χ1v) is 11.4. The standard InChI is InChI=1S/C21H17ClN4O5S/c22-13-2-4-16-14(8-13)18(25-17-3-1-12(10-23)7-15(17)21(27)28)9-19(26-16)32(29,30)20-11-31-6-5-24-20/h1-4,7-9,20,24H,5-6,11H2,(H,25,26)(H,27,28). The molecule has 32 heavy (non-hydrogen) atoms. The molecule has 1 saturated heterocycles. The van der Waals surface area contributed by atoms with Gasteiger partial charge in [-0.05, 0) is 42.5 Å². The van der Waals surface area contributed by atoms with E-state index < -0.39 is 21.2 Å². The highest BCUT2D eigenvalue weighted by molar-refractivity contribution is 7.92. The van der Waals surface area contributed by atoms with Gasteiger partial charge in [-0.3, -0.25) is 5.32 Å². The van der Waals surface area contributed by atoms with Gasteiger partial charge >= 0.3 is 5.97 Å². The van der Waals surface area contributed by atoms with Crippen molar-refractivity contribution < 1.29 is 23.1 Å². The van der Waals surface area contributed by atoms with Gasteiger partial charge in [-0.2, -0.15) is 5.26 Å². The Morgan fingerprint density at radius 2 is 2.06 bits per heavy atom. The van der Waals surface area contributed by atoms with E-state index in [0.717, 1.165) is 0 Å². The molecule has 11 heteroatoms. The van der Waals surface area contributed by atoms with E-state index in [0.29, 0.717) is 34.8 Å². The quantitative estimate of drug-likeness (QED) is 0.510. The van der Waals surface area contributed by atoms with Gasteiger partial charge in [0.2, 0.25) is 9.84 Å². The average Bonchev–Trinajstić information content (AvgIpc) is 2.79. The van der Waals surface area contributed by atoms with Crippen molar-refractivity contribution in [2.75, 3.05) is 25.1 Å². The Hall–Kier alpha value is -3.23. The van der Waals surface area contributed by atoms with Gasteiger partial charge in [0.05, 0.1) is 47.3 Å². The van der Waals surface area contributed by atoms with Crippen molar-refractivity contribution in [3.8, 4) is 6.07 Å². The van der Waals surface area contributed by atoms with E-state index in [1.54, 1.807) is 18.2 Å². The summed E-state index contributed by atoms with van der Waals surface area (Å²) in [7, 11) is -3.90. The summed E-state index contributed by atoms with van der Waals surface area (Å²) in [6.07, 6.45) is 0. The van der Waals surface area contributed by atoms with E-state index in [-0.39, 0.29) is 28.4 Å². The topological polar surface area (TPSA) is 141 Å². The maximum absolute atomic E-state index is 13.2. The number of carbonyl (C=O) groups is 1. The maximum atomic E-state index is 13.2. The number of nitriles is 1. The minimum absolute atomic E-state index is 0.00971. The van der Waals surface area contributed by atoms with Gasteiger partial charge in [0.1, 0.15) is 5.37 Å². The van der Waals surface area contributed by atoms with Gasteiger partial charge < -0.3 is 15.2 Å². The number of pyridine rings is 1. The van der Waals surface area contributed by atoms with Gasteiger partial charge in [-0.1, -0.05) is 11.6 Å². The predicted molar refractivity (Wildman–Crippen MR) is 118 cm³/mol. The zero-order valence-electron chi connectivity index (χ0n) is 16.5. The molecule has 2 aromatic carbocycles. The number of rotatable bonds is 5. The molecule has 0 amide bonds. The number of hydrogen-bond donors (Lipinski definition) is 3. The number of morpholine rings is 1. The first-order valence-electron chi connectivity index (χ1n) is 9.49. The molecule has 1 unspecified atom stereocenters. The van der Waals surface area contributed by atoms with Gasteiger partial charge in [-0.15, -0.1) is 0 Å². The fourth-order valence-corrected chi connectivity index (χ4v) is 4.94. The van der Waals surface area contributed by atoms with Crippen LogP contribution in [0.1, 0.15) is 15.9 Å². The summed E-state index contributed by atoms with van der Waals surface area (Å²) >= 11 is 6.14. The van der Waals surface area contributed by atoms with Crippen molar-refractivity contribution in [3.63, 3.8) is 0 Å². The number of anilines is 2. The van der Waals surface area contributed by atoms with Crippen LogP contribution >= 0.6 is 11.6 Å². The fourth-order valence-electron chi connectivity index (χ4n) is 3.35. The van der Waals surface area contributed by atoms with Crippen LogP contribution in [-0.2, 0) is 14.6 Å². The minimum Gasteiger partial charge on any atom is -0.478 e. The number of hydrogen-bond acceptors (Lipinski definition) is 8. The number of benzene rings is 2. The van der Waals surface area contributed by atoms with Gasteiger partial charge in [0.15, 0.2) is 5.03 Å². The van der Waals surface area contributed by atoms with E-state index in [2.05, 4.69) is 15.6 Å². The van der Waals surface area contributed by atoms with Crippen LogP contribution in [0.25, 0.3) is 10.9 Å². The Morgan fingerprint density at radius 1 is 1.25 bits per heavy atom. The second-order valence-electron chi connectivity index (χ2n) is 7.03. The molecule has 1 atom stereocenters. The molecule has 0 bridgehead atoms. The van der Waals surface area contributed by atoms with Gasteiger partial charge in [-0.25, -0.2) is 18.2 Å². The molecule has 0 spiro atoms. The van der Waals surface area contributed by atoms with Crippen LogP contribution < -0.4 is 10.6 Å². The van der Waals surface area contributed by atoms with Crippen molar-refractivity contribution in [2.45, 2.75) is 10.4 Å². The van der Waals surface area contributed by atoms with Crippen molar-refractivity contribution in [1.82, 2.24) is 10.3 Å².